The molecule has 0 heterocycles. The number of rotatable bonds is 4. The van der Waals surface area contributed by atoms with E-state index in [9.17, 15) is 5.11 Å². The highest BCUT2D eigenvalue weighted by Gasteiger charge is 2.39. The number of hydrogen-bond donors (Lipinski definition) is 1. The predicted molar refractivity (Wildman–Crippen MR) is 79.2 cm³/mol. The molecule has 2 aliphatic carbocycles. The van der Waals surface area contributed by atoms with Gasteiger partial charge in [0.05, 0.1) is 6.10 Å². The van der Waals surface area contributed by atoms with Gasteiger partial charge in [0, 0.05) is 0 Å². The molecule has 1 heteroatoms. The van der Waals surface area contributed by atoms with Crippen LogP contribution in [0.25, 0.3) is 0 Å². The molecule has 2 bridgehead atoms. The molecule has 0 aliphatic heterocycles. The Hall–Kier alpha value is -0.820. The second-order valence-corrected chi connectivity index (χ2v) is 7.02. The Labute approximate surface area is 117 Å². The highest BCUT2D eigenvalue weighted by atomic mass is 16.3. The van der Waals surface area contributed by atoms with Gasteiger partial charge < -0.3 is 5.11 Å². The van der Waals surface area contributed by atoms with Crippen molar-refractivity contribution in [3.63, 3.8) is 0 Å². The van der Waals surface area contributed by atoms with Crippen LogP contribution in [0.15, 0.2) is 18.2 Å². The monoisotopic (exact) mass is 258 g/mol. The van der Waals surface area contributed by atoms with Crippen LogP contribution in [0.4, 0.5) is 0 Å². The molecule has 1 aromatic carbocycles. The third-order valence-corrected chi connectivity index (χ3v) is 5.21. The summed E-state index contributed by atoms with van der Waals surface area (Å²) in [6.07, 6.45) is 7.41. The molecule has 0 aromatic heterocycles. The van der Waals surface area contributed by atoms with E-state index < -0.39 is 0 Å². The van der Waals surface area contributed by atoms with Gasteiger partial charge in [-0.1, -0.05) is 35.7 Å². The molecule has 0 radical (unpaired) electrons. The molecule has 2 aliphatic rings. The fourth-order valence-electron chi connectivity index (χ4n) is 4.56. The van der Waals surface area contributed by atoms with Crippen molar-refractivity contribution in [1.82, 2.24) is 0 Å². The quantitative estimate of drug-likeness (QED) is 0.864. The smallest absolute Gasteiger partial charge is 0.0583 e. The van der Waals surface area contributed by atoms with E-state index in [2.05, 4.69) is 32.0 Å². The van der Waals surface area contributed by atoms with E-state index in [1.54, 1.807) is 0 Å². The van der Waals surface area contributed by atoms with Gasteiger partial charge in [-0.25, -0.2) is 0 Å². The zero-order valence-electron chi connectivity index (χ0n) is 12.2. The minimum atomic E-state index is -0.148. The summed E-state index contributed by atoms with van der Waals surface area (Å²) in [7, 11) is 0. The second kappa shape index (κ2) is 5.28. The summed E-state index contributed by atoms with van der Waals surface area (Å²) in [5, 5.41) is 10.4. The first-order valence-electron chi connectivity index (χ1n) is 7.85. The number of benzene rings is 1. The van der Waals surface area contributed by atoms with Crippen LogP contribution in [-0.4, -0.2) is 11.2 Å². The van der Waals surface area contributed by atoms with E-state index in [1.807, 2.05) is 0 Å². The first kappa shape index (κ1) is 13.2. The summed E-state index contributed by atoms with van der Waals surface area (Å²) >= 11 is 0. The van der Waals surface area contributed by atoms with E-state index in [4.69, 9.17) is 0 Å². The van der Waals surface area contributed by atoms with Gasteiger partial charge in [0.25, 0.3) is 0 Å². The second-order valence-electron chi connectivity index (χ2n) is 7.02. The summed E-state index contributed by atoms with van der Waals surface area (Å²) in [5.74, 6) is 2.72. The SMILES string of the molecule is Cc1cc(C)cc(CC(O)CC2CC3CCC2C3)c1. The summed E-state index contributed by atoms with van der Waals surface area (Å²) < 4.78 is 0. The van der Waals surface area contributed by atoms with E-state index in [0.29, 0.717) is 0 Å². The Bertz CT molecular complexity index is 431. The van der Waals surface area contributed by atoms with Gasteiger partial charge >= 0.3 is 0 Å². The van der Waals surface area contributed by atoms with Crippen LogP contribution in [0.1, 0.15) is 48.8 Å². The zero-order valence-corrected chi connectivity index (χ0v) is 12.2. The largest absolute Gasteiger partial charge is 0.393 e. The predicted octanol–water partition coefficient (Wildman–Crippen LogP) is 4.03. The Morgan fingerprint density at radius 3 is 2.42 bits per heavy atom. The minimum Gasteiger partial charge on any atom is -0.393 e. The molecule has 0 saturated heterocycles. The van der Waals surface area contributed by atoms with Crippen LogP contribution in [0.3, 0.4) is 0 Å². The van der Waals surface area contributed by atoms with Gasteiger partial charge in [-0.2, -0.15) is 0 Å². The lowest BCUT2D eigenvalue weighted by molar-refractivity contribution is 0.124. The lowest BCUT2D eigenvalue weighted by Gasteiger charge is -2.24. The normalized spacial score (nSPS) is 30.8. The highest BCUT2D eigenvalue weighted by Crippen LogP contribution is 2.49. The van der Waals surface area contributed by atoms with Gasteiger partial charge in [0.1, 0.15) is 0 Å². The fourth-order valence-corrected chi connectivity index (χ4v) is 4.56. The molecular formula is C18H26O. The Kier molecular flexibility index (Phi) is 3.66. The molecule has 1 N–H and O–H groups in total. The molecule has 19 heavy (non-hydrogen) atoms. The molecule has 3 rings (SSSR count). The average molecular weight is 258 g/mol. The molecule has 4 unspecified atom stereocenters. The van der Waals surface area contributed by atoms with Gasteiger partial charge in [-0.05, 0) is 69.3 Å². The van der Waals surface area contributed by atoms with Crippen molar-refractivity contribution >= 4 is 0 Å². The zero-order chi connectivity index (χ0) is 13.4. The summed E-state index contributed by atoms with van der Waals surface area (Å²) in [6.45, 7) is 4.28. The molecule has 2 saturated carbocycles. The maximum absolute atomic E-state index is 10.4. The van der Waals surface area contributed by atoms with Crippen molar-refractivity contribution in [2.75, 3.05) is 0 Å². The van der Waals surface area contributed by atoms with E-state index in [1.165, 1.54) is 42.4 Å². The van der Waals surface area contributed by atoms with Crippen molar-refractivity contribution in [2.24, 2.45) is 17.8 Å². The Balaban J connectivity index is 1.57. The lowest BCUT2D eigenvalue weighted by Crippen LogP contribution is -2.20. The minimum absolute atomic E-state index is 0.148. The standard InChI is InChI=1S/C18H26O/c1-12-5-13(2)7-15(6-12)10-18(19)11-17-9-14-3-4-16(17)8-14/h5-7,14,16-19H,3-4,8-11H2,1-2H3. The summed E-state index contributed by atoms with van der Waals surface area (Å²) in [6, 6.07) is 6.64. The Morgan fingerprint density at radius 2 is 1.84 bits per heavy atom. The molecule has 104 valence electrons. The third kappa shape index (κ3) is 3.02. The van der Waals surface area contributed by atoms with Crippen molar-refractivity contribution in [3.8, 4) is 0 Å². The molecule has 1 aromatic rings. The van der Waals surface area contributed by atoms with Gasteiger partial charge in [-0.15, -0.1) is 0 Å². The number of hydrogen-bond acceptors (Lipinski definition) is 1. The fraction of sp³-hybridized carbons (Fsp3) is 0.667. The van der Waals surface area contributed by atoms with Gasteiger partial charge in [0.2, 0.25) is 0 Å². The molecule has 2 fully saturated rings. The van der Waals surface area contributed by atoms with Crippen molar-refractivity contribution in [3.05, 3.63) is 34.9 Å². The first-order chi connectivity index (χ1) is 9.10. The summed E-state index contributed by atoms with van der Waals surface area (Å²) in [5.41, 5.74) is 3.91. The van der Waals surface area contributed by atoms with Gasteiger partial charge in [0.15, 0.2) is 0 Å². The van der Waals surface area contributed by atoms with Crippen LogP contribution in [0, 0.1) is 31.6 Å². The topological polar surface area (TPSA) is 20.2 Å². The van der Waals surface area contributed by atoms with Crippen molar-refractivity contribution < 1.29 is 5.11 Å². The van der Waals surface area contributed by atoms with E-state index in [-0.39, 0.29) is 6.10 Å². The van der Waals surface area contributed by atoms with Gasteiger partial charge in [-0.3, -0.25) is 0 Å². The molecule has 4 atom stereocenters. The van der Waals surface area contributed by atoms with Crippen molar-refractivity contribution in [1.29, 1.82) is 0 Å². The molecule has 1 nitrogen and oxygen atoms in total. The molecule has 0 amide bonds. The number of aryl methyl sites for hydroxylation is 2. The van der Waals surface area contributed by atoms with Crippen LogP contribution < -0.4 is 0 Å². The number of aliphatic hydroxyl groups excluding tert-OH is 1. The summed E-state index contributed by atoms with van der Waals surface area (Å²) in [4.78, 5) is 0. The van der Waals surface area contributed by atoms with Crippen LogP contribution in [0.5, 0.6) is 0 Å². The first-order valence-corrected chi connectivity index (χ1v) is 7.85. The van der Waals surface area contributed by atoms with E-state index >= 15 is 0 Å². The van der Waals surface area contributed by atoms with Crippen LogP contribution in [0.2, 0.25) is 0 Å². The Morgan fingerprint density at radius 1 is 1.11 bits per heavy atom. The number of fused-ring (bicyclic) bond motifs is 2. The van der Waals surface area contributed by atoms with Crippen LogP contribution >= 0.6 is 0 Å². The van der Waals surface area contributed by atoms with Crippen molar-refractivity contribution in [2.45, 2.75) is 58.5 Å². The van der Waals surface area contributed by atoms with E-state index in [0.717, 1.165) is 30.6 Å². The van der Waals surface area contributed by atoms with Crippen LogP contribution in [-0.2, 0) is 6.42 Å². The average Bonchev–Trinajstić information content (AvgIpc) is 2.88. The molecule has 0 spiro atoms. The maximum Gasteiger partial charge on any atom is 0.0583 e. The number of aliphatic hydroxyl groups is 1. The maximum atomic E-state index is 10.4. The molecular weight excluding hydrogens is 232 g/mol. The highest BCUT2D eigenvalue weighted by molar-refractivity contribution is 5.28. The third-order valence-electron chi connectivity index (χ3n) is 5.21. The lowest BCUT2D eigenvalue weighted by atomic mass is 9.84.